The summed E-state index contributed by atoms with van der Waals surface area (Å²) in [5.41, 5.74) is 2.19. The minimum atomic E-state index is -0.575. The first-order valence-electron chi connectivity index (χ1n) is 12.7. The van der Waals surface area contributed by atoms with Crippen LogP contribution in [0.4, 0.5) is 4.39 Å². The smallest absolute Gasteiger partial charge is 0.251 e. The number of nitrogens with zero attached hydrogens (tertiary/aromatic N) is 3. The Kier molecular flexibility index (Phi) is 9.48. The zero-order valence-corrected chi connectivity index (χ0v) is 22.4. The lowest BCUT2D eigenvalue weighted by atomic mass is 9.98. The molecule has 9 nitrogen and oxygen atoms in total. The van der Waals surface area contributed by atoms with Gasteiger partial charge in [-0.2, -0.15) is 0 Å². The summed E-state index contributed by atoms with van der Waals surface area (Å²) in [5, 5.41) is 16.6. The third-order valence-electron chi connectivity index (χ3n) is 6.26. The molecular formula is C28H30FN5O4S. The number of aromatic hydroxyl groups is 1. The molecule has 2 heterocycles. The molecule has 1 aliphatic rings. The van der Waals surface area contributed by atoms with E-state index in [0.29, 0.717) is 31.1 Å². The van der Waals surface area contributed by atoms with Crippen molar-refractivity contribution < 1.29 is 23.9 Å². The van der Waals surface area contributed by atoms with E-state index in [2.05, 4.69) is 20.6 Å². The first-order valence-corrected chi connectivity index (χ1v) is 13.7. The molecular weight excluding hydrogens is 521 g/mol. The second kappa shape index (κ2) is 13.2. The number of aryl methyl sites for hydroxylation is 1. The summed E-state index contributed by atoms with van der Waals surface area (Å²) in [6, 6.07) is 10.6. The highest BCUT2D eigenvalue weighted by Crippen LogP contribution is 2.33. The number of hydrogen-bond donors (Lipinski definition) is 3. The zero-order valence-electron chi connectivity index (χ0n) is 21.6. The molecule has 2 aromatic carbocycles. The van der Waals surface area contributed by atoms with Gasteiger partial charge in [-0.1, -0.05) is 17.8 Å². The van der Waals surface area contributed by atoms with E-state index in [1.165, 1.54) is 36.0 Å². The van der Waals surface area contributed by atoms with E-state index in [1.807, 2.05) is 6.92 Å². The normalized spacial score (nSPS) is 15.1. The number of rotatable bonds is 3. The summed E-state index contributed by atoms with van der Waals surface area (Å²) in [6.45, 7) is 2.96. The van der Waals surface area contributed by atoms with Crippen LogP contribution in [-0.2, 0) is 16.0 Å². The number of nitrogens with one attached hydrogen (secondary N) is 2. The monoisotopic (exact) mass is 551 g/mol. The number of thioether (sulfide) groups is 1. The zero-order chi connectivity index (χ0) is 27.8. The van der Waals surface area contributed by atoms with Gasteiger partial charge in [0.1, 0.15) is 11.6 Å². The van der Waals surface area contributed by atoms with Crippen LogP contribution in [-0.4, -0.2) is 69.6 Å². The number of phenols is 1. The maximum Gasteiger partial charge on any atom is 0.251 e. The molecule has 0 radical (unpaired) electrons. The fraction of sp³-hybridized carbons (Fsp3) is 0.321. The van der Waals surface area contributed by atoms with Crippen molar-refractivity contribution in [2.45, 2.75) is 31.3 Å². The van der Waals surface area contributed by atoms with Crippen LogP contribution in [0.3, 0.4) is 0 Å². The third-order valence-corrected chi connectivity index (χ3v) is 7.11. The number of hydrogen-bond acceptors (Lipinski definition) is 7. The van der Waals surface area contributed by atoms with Gasteiger partial charge in [-0.25, -0.2) is 14.4 Å². The summed E-state index contributed by atoms with van der Waals surface area (Å²) < 4.78 is 14.8. The van der Waals surface area contributed by atoms with Crippen molar-refractivity contribution in [1.82, 2.24) is 25.5 Å². The summed E-state index contributed by atoms with van der Waals surface area (Å²) in [6.07, 6.45) is 2.81. The Labute approximate surface area is 230 Å². The van der Waals surface area contributed by atoms with Gasteiger partial charge in [0.2, 0.25) is 11.8 Å². The van der Waals surface area contributed by atoms with Crippen molar-refractivity contribution >= 4 is 29.5 Å². The van der Waals surface area contributed by atoms with Crippen molar-refractivity contribution in [3.8, 4) is 16.9 Å². The Morgan fingerprint density at radius 1 is 1.05 bits per heavy atom. The summed E-state index contributed by atoms with van der Waals surface area (Å²) in [7, 11) is 0. The Hall–Kier alpha value is -3.99. The van der Waals surface area contributed by atoms with Crippen molar-refractivity contribution in [1.29, 1.82) is 0 Å². The first-order chi connectivity index (χ1) is 18.8. The topological polar surface area (TPSA) is 125 Å². The highest BCUT2D eigenvalue weighted by atomic mass is 32.2. The van der Waals surface area contributed by atoms with Gasteiger partial charge >= 0.3 is 0 Å². The van der Waals surface area contributed by atoms with Gasteiger partial charge in [-0.05, 0) is 61.7 Å². The van der Waals surface area contributed by atoms with Gasteiger partial charge in [0.05, 0.1) is 5.75 Å². The van der Waals surface area contributed by atoms with E-state index >= 15 is 0 Å². The van der Waals surface area contributed by atoms with Gasteiger partial charge in [0.15, 0.2) is 5.16 Å². The number of phenolic OH excluding ortho intramolecular Hbond substituents is 1. The lowest BCUT2D eigenvalue weighted by Gasteiger charge is -2.23. The van der Waals surface area contributed by atoms with E-state index in [0.717, 1.165) is 11.3 Å². The van der Waals surface area contributed by atoms with Crippen molar-refractivity contribution in [2.75, 3.05) is 31.9 Å². The largest absolute Gasteiger partial charge is 0.507 e. The van der Waals surface area contributed by atoms with Crippen LogP contribution >= 0.6 is 11.8 Å². The molecule has 0 saturated carbocycles. The number of amides is 3. The summed E-state index contributed by atoms with van der Waals surface area (Å²) >= 11 is 1.23. The Morgan fingerprint density at radius 2 is 1.90 bits per heavy atom. The average molecular weight is 552 g/mol. The molecule has 1 aliphatic heterocycles. The Balaban J connectivity index is 1.51. The molecule has 0 fully saturated rings. The van der Waals surface area contributed by atoms with Gasteiger partial charge in [0.25, 0.3) is 5.91 Å². The minimum absolute atomic E-state index is 0.0966. The molecule has 3 amide bonds. The van der Waals surface area contributed by atoms with Crippen molar-refractivity contribution in [3.05, 3.63) is 71.3 Å². The molecule has 3 aromatic rings. The van der Waals surface area contributed by atoms with Gasteiger partial charge in [-0.15, -0.1) is 0 Å². The van der Waals surface area contributed by atoms with Crippen LogP contribution in [0.2, 0.25) is 0 Å². The second-order valence-corrected chi connectivity index (χ2v) is 10.1. The van der Waals surface area contributed by atoms with Crippen molar-refractivity contribution in [3.63, 3.8) is 0 Å². The molecule has 11 heteroatoms. The molecule has 204 valence electrons. The maximum absolute atomic E-state index is 14.8. The molecule has 4 bridgehead atoms. The first kappa shape index (κ1) is 28.0. The summed E-state index contributed by atoms with van der Waals surface area (Å²) in [5.74, 6) is -1.30. The maximum atomic E-state index is 14.8. The summed E-state index contributed by atoms with van der Waals surface area (Å²) in [4.78, 5) is 48.4. The SMILES string of the molecule is Cc1ccnc(SCC(=O)N2CCCC(=O)NCCc3ccc(O)c(c3)-c3cc(ccc3F)C(=O)NCC2)n1. The highest BCUT2D eigenvalue weighted by molar-refractivity contribution is 7.99. The molecule has 39 heavy (non-hydrogen) atoms. The number of carbonyl (C=O) groups excluding carboxylic acids is 3. The number of benzene rings is 2. The molecule has 0 atom stereocenters. The van der Waals surface area contributed by atoms with Crippen LogP contribution in [0.5, 0.6) is 5.75 Å². The standard InChI is InChI=1S/C28H30FN5O4S/c1-18-8-10-32-28(33-18)39-17-26(37)34-13-2-3-25(36)30-11-9-19-4-7-24(35)22(15-19)21-16-20(5-6-23(21)29)27(38)31-12-14-34/h4-8,10,15-16,35H,2-3,9,11-14,17H2,1H3,(H,30,36)(H,31,38). The van der Waals surface area contributed by atoms with E-state index in [-0.39, 0.29) is 59.5 Å². The van der Waals surface area contributed by atoms with E-state index < -0.39 is 11.7 Å². The van der Waals surface area contributed by atoms with Crippen LogP contribution in [0, 0.1) is 12.7 Å². The number of halogens is 1. The fourth-order valence-electron chi connectivity index (χ4n) is 4.17. The molecule has 0 saturated heterocycles. The van der Waals surface area contributed by atoms with Crippen molar-refractivity contribution in [2.24, 2.45) is 0 Å². The second-order valence-electron chi connectivity index (χ2n) is 9.16. The Bertz CT molecular complexity index is 1370. The lowest BCUT2D eigenvalue weighted by Crippen LogP contribution is -2.40. The van der Waals surface area contributed by atoms with E-state index in [4.69, 9.17) is 0 Å². The molecule has 4 rings (SSSR count). The van der Waals surface area contributed by atoms with Crippen LogP contribution in [0.25, 0.3) is 11.1 Å². The predicted octanol–water partition coefficient (Wildman–Crippen LogP) is 3.10. The number of aromatic nitrogens is 2. The van der Waals surface area contributed by atoms with E-state index in [1.54, 1.807) is 29.3 Å². The van der Waals surface area contributed by atoms with Gasteiger partial charge < -0.3 is 20.6 Å². The van der Waals surface area contributed by atoms with Crippen LogP contribution in [0.1, 0.15) is 34.5 Å². The quantitative estimate of drug-likeness (QED) is 0.338. The molecule has 3 N–H and O–H groups in total. The van der Waals surface area contributed by atoms with Gasteiger partial charge in [-0.3, -0.25) is 14.4 Å². The number of carbonyl (C=O) groups is 3. The highest BCUT2D eigenvalue weighted by Gasteiger charge is 2.18. The van der Waals surface area contributed by atoms with Crippen LogP contribution < -0.4 is 10.6 Å². The van der Waals surface area contributed by atoms with Gasteiger partial charge in [0, 0.05) is 61.2 Å². The Morgan fingerprint density at radius 3 is 2.72 bits per heavy atom. The minimum Gasteiger partial charge on any atom is -0.507 e. The van der Waals surface area contributed by atoms with E-state index in [9.17, 15) is 23.9 Å². The van der Waals surface area contributed by atoms with Crippen LogP contribution in [0.15, 0.2) is 53.8 Å². The molecule has 0 aliphatic carbocycles. The molecule has 0 unspecified atom stereocenters. The number of fused-ring (bicyclic) bond motifs is 5. The third kappa shape index (κ3) is 7.76. The lowest BCUT2D eigenvalue weighted by molar-refractivity contribution is -0.129. The molecule has 0 spiro atoms. The molecule has 1 aromatic heterocycles. The average Bonchev–Trinajstić information content (AvgIpc) is 2.91. The fourth-order valence-corrected chi connectivity index (χ4v) is 4.95. The predicted molar refractivity (Wildman–Crippen MR) is 146 cm³/mol.